The van der Waals surface area contributed by atoms with Gasteiger partial charge in [0, 0.05) is 37.6 Å². The highest BCUT2D eigenvalue weighted by Crippen LogP contribution is 2.37. The number of carbonyl (C=O) groups excluding carboxylic acids is 2. The Morgan fingerprint density at radius 1 is 1.50 bits per heavy atom. The van der Waals surface area contributed by atoms with Gasteiger partial charge in [-0.25, -0.2) is 0 Å². The molecule has 2 atom stereocenters. The molecule has 0 radical (unpaired) electrons. The molecule has 24 heavy (non-hydrogen) atoms. The van der Waals surface area contributed by atoms with E-state index in [1.165, 1.54) is 0 Å². The molecular weight excluding hydrogens is 306 g/mol. The van der Waals surface area contributed by atoms with Crippen LogP contribution < -0.4 is 5.32 Å². The fourth-order valence-corrected chi connectivity index (χ4v) is 3.15. The minimum atomic E-state index is -0.460. The molecule has 0 aromatic carbocycles. The number of hydrogen-bond acceptors (Lipinski definition) is 4. The third kappa shape index (κ3) is 3.15. The van der Waals surface area contributed by atoms with E-state index in [-0.39, 0.29) is 24.3 Å². The molecule has 1 fully saturated rings. The quantitative estimate of drug-likeness (QED) is 0.877. The van der Waals surface area contributed by atoms with Crippen LogP contribution >= 0.6 is 0 Å². The van der Waals surface area contributed by atoms with Crippen LogP contribution in [0.4, 0.5) is 5.82 Å². The number of rotatable bonds is 5. The van der Waals surface area contributed by atoms with Gasteiger partial charge in [-0.3, -0.25) is 19.7 Å². The normalized spacial score (nSPS) is 20.4. The smallest absolute Gasteiger partial charge is 0.231 e. The summed E-state index contributed by atoms with van der Waals surface area (Å²) in [7, 11) is 1.72. The van der Waals surface area contributed by atoms with E-state index in [4.69, 9.17) is 0 Å². The van der Waals surface area contributed by atoms with Gasteiger partial charge in [-0.1, -0.05) is 19.4 Å². The van der Waals surface area contributed by atoms with E-state index >= 15 is 0 Å². The number of H-pyrrole nitrogens is 1. The Balaban J connectivity index is 1.78. The maximum Gasteiger partial charge on any atom is 0.231 e. The van der Waals surface area contributed by atoms with Crippen molar-refractivity contribution < 1.29 is 9.59 Å². The Labute approximate surface area is 140 Å². The summed E-state index contributed by atoms with van der Waals surface area (Å²) in [6.45, 7) is 2.08. The molecule has 0 spiro atoms. The van der Waals surface area contributed by atoms with Crippen LogP contribution in [-0.4, -0.2) is 38.9 Å². The summed E-state index contributed by atoms with van der Waals surface area (Å²) in [6.07, 6.45) is 5.45. The van der Waals surface area contributed by atoms with Crippen molar-refractivity contribution in [1.82, 2.24) is 20.1 Å². The molecule has 2 aromatic heterocycles. The van der Waals surface area contributed by atoms with Crippen molar-refractivity contribution in [2.75, 3.05) is 12.4 Å². The zero-order chi connectivity index (χ0) is 17.1. The van der Waals surface area contributed by atoms with E-state index in [0.29, 0.717) is 5.82 Å². The molecule has 3 rings (SSSR count). The van der Waals surface area contributed by atoms with Crippen molar-refractivity contribution in [1.29, 1.82) is 0 Å². The van der Waals surface area contributed by atoms with Gasteiger partial charge >= 0.3 is 0 Å². The lowest BCUT2D eigenvalue weighted by Gasteiger charge is -2.24. The lowest BCUT2D eigenvalue weighted by Crippen LogP contribution is -2.30. The first kappa shape index (κ1) is 16.2. The van der Waals surface area contributed by atoms with E-state index in [1.807, 2.05) is 18.2 Å². The third-order valence-corrected chi connectivity index (χ3v) is 4.35. The highest BCUT2D eigenvalue weighted by atomic mass is 16.2. The van der Waals surface area contributed by atoms with Crippen molar-refractivity contribution in [2.45, 2.75) is 32.2 Å². The summed E-state index contributed by atoms with van der Waals surface area (Å²) in [5.74, 6) is -0.206. The first-order chi connectivity index (χ1) is 11.6. The van der Waals surface area contributed by atoms with E-state index < -0.39 is 5.92 Å². The summed E-state index contributed by atoms with van der Waals surface area (Å²) in [5, 5.41) is 9.85. The highest BCUT2D eigenvalue weighted by molar-refractivity contribution is 5.97. The fourth-order valence-electron chi connectivity index (χ4n) is 3.15. The second kappa shape index (κ2) is 6.82. The van der Waals surface area contributed by atoms with Gasteiger partial charge < -0.3 is 10.2 Å². The van der Waals surface area contributed by atoms with Crippen LogP contribution in [0.3, 0.4) is 0 Å². The molecule has 0 saturated carbocycles. The van der Waals surface area contributed by atoms with Crippen LogP contribution in [0.15, 0.2) is 30.6 Å². The number of amides is 2. The van der Waals surface area contributed by atoms with Gasteiger partial charge in [0.2, 0.25) is 11.8 Å². The van der Waals surface area contributed by atoms with Crippen LogP contribution in [0.1, 0.15) is 37.1 Å². The van der Waals surface area contributed by atoms with Crippen molar-refractivity contribution in [3.05, 3.63) is 41.9 Å². The van der Waals surface area contributed by atoms with Gasteiger partial charge in [-0.2, -0.15) is 5.10 Å². The number of aromatic nitrogens is 3. The van der Waals surface area contributed by atoms with Gasteiger partial charge in [0.1, 0.15) is 0 Å². The molecule has 1 aliphatic heterocycles. The molecule has 7 nitrogen and oxygen atoms in total. The summed E-state index contributed by atoms with van der Waals surface area (Å²) in [5.41, 5.74) is 1.84. The predicted molar refractivity (Wildman–Crippen MR) is 89.1 cm³/mol. The lowest BCUT2D eigenvalue weighted by atomic mass is 9.94. The van der Waals surface area contributed by atoms with Crippen LogP contribution in [0.5, 0.6) is 0 Å². The molecule has 1 saturated heterocycles. The third-order valence-electron chi connectivity index (χ3n) is 4.35. The number of likely N-dealkylation sites (tertiary alicyclic amines) is 1. The molecule has 0 unspecified atom stereocenters. The molecule has 7 heteroatoms. The number of anilines is 1. The molecule has 0 aliphatic carbocycles. The van der Waals surface area contributed by atoms with E-state index in [9.17, 15) is 9.59 Å². The van der Waals surface area contributed by atoms with Gasteiger partial charge in [0.05, 0.1) is 12.0 Å². The van der Waals surface area contributed by atoms with Gasteiger partial charge in [-0.15, -0.1) is 0 Å². The number of nitrogens with one attached hydrogen (secondary N) is 2. The predicted octanol–water partition coefficient (Wildman–Crippen LogP) is 1.92. The Kier molecular flexibility index (Phi) is 4.59. The number of aryl methyl sites for hydroxylation is 1. The molecule has 2 N–H and O–H groups in total. The molecule has 0 bridgehead atoms. The van der Waals surface area contributed by atoms with Gasteiger partial charge in [-0.05, 0) is 18.1 Å². The van der Waals surface area contributed by atoms with E-state index in [1.54, 1.807) is 24.3 Å². The Morgan fingerprint density at radius 3 is 3.04 bits per heavy atom. The monoisotopic (exact) mass is 327 g/mol. The summed E-state index contributed by atoms with van der Waals surface area (Å²) in [6, 6.07) is 5.23. The minimum absolute atomic E-state index is 0.0438. The number of hydrogen-bond donors (Lipinski definition) is 2. The SMILES string of the molecule is CCCc1cc(NC(=O)[C@@H]2CC(=O)N(C)[C@H]2c2cccnc2)n[nH]1. The number of nitrogens with zero attached hydrogens (tertiary/aromatic N) is 3. The Hall–Kier alpha value is -2.70. The molecule has 2 amide bonds. The van der Waals surface area contributed by atoms with Gasteiger partial charge in [0.25, 0.3) is 0 Å². The zero-order valence-electron chi connectivity index (χ0n) is 13.8. The first-order valence-corrected chi connectivity index (χ1v) is 8.11. The molecular formula is C17H21N5O2. The number of carbonyl (C=O) groups is 2. The largest absolute Gasteiger partial charge is 0.338 e. The summed E-state index contributed by atoms with van der Waals surface area (Å²) in [4.78, 5) is 30.5. The van der Waals surface area contributed by atoms with Gasteiger partial charge in [0.15, 0.2) is 5.82 Å². The van der Waals surface area contributed by atoms with Crippen LogP contribution in [0.2, 0.25) is 0 Å². The topological polar surface area (TPSA) is 91.0 Å². The maximum absolute atomic E-state index is 12.7. The summed E-state index contributed by atoms with van der Waals surface area (Å²) >= 11 is 0. The highest BCUT2D eigenvalue weighted by Gasteiger charge is 2.42. The Morgan fingerprint density at radius 2 is 2.33 bits per heavy atom. The minimum Gasteiger partial charge on any atom is -0.338 e. The van der Waals surface area contributed by atoms with Crippen LogP contribution in [0.25, 0.3) is 0 Å². The second-order valence-electron chi connectivity index (χ2n) is 6.06. The fraction of sp³-hybridized carbons (Fsp3) is 0.412. The van der Waals surface area contributed by atoms with E-state index in [2.05, 4.69) is 27.4 Å². The average molecular weight is 327 g/mol. The Bertz CT molecular complexity index is 728. The van der Waals surface area contributed by atoms with Crippen LogP contribution in [0, 0.1) is 5.92 Å². The van der Waals surface area contributed by atoms with Crippen molar-refractivity contribution in [2.24, 2.45) is 5.92 Å². The van der Waals surface area contributed by atoms with Crippen molar-refractivity contribution in [3.63, 3.8) is 0 Å². The van der Waals surface area contributed by atoms with Crippen molar-refractivity contribution in [3.8, 4) is 0 Å². The van der Waals surface area contributed by atoms with Crippen molar-refractivity contribution >= 4 is 17.6 Å². The maximum atomic E-state index is 12.7. The average Bonchev–Trinajstić information content (AvgIpc) is 3.14. The van der Waals surface area contributed by atoms with E-state index in [0.717, 1.165) is 24.1 Å². The number of pyridine rings is 1. The molecule has 1 aliphatic rings. The second-order valence-corrected chi connectivity index (χ2v) is 6.06. The standard InChI is InChI=1S/C17H21N5O2/c1-3-5-12-8-14(21-20-12)19-17(24)13-9-15(23)22(2)16(13)11-6-4-7-18-10-11/h4,6-8,10,13,16H,3,5,9H2,1-2H3,(H2,19,20,21,24)/t13-,16+/m1/s1. The summed E-state index contributed by atoms with van der Waals surface area (Å²) < 4.78 is 0. The lowest BCUT2D eigenvalue weighted by molar-refractivity contribution is -0.128. The zero-order valence-corrected chi connectivity index (χ0v) is 13.8. The molecule has 3 heterocycles. The molecule has 126 valence electrons. The first-order valence-electron chi connectivity index (χ1n) is 8.11. The molecule has 2 aromatic rings. The number of aromatic amines is 1. The van der Waals surface area contributed by atoms with Crippen LogP contribution in [-0.2, 0) is 16.0 Å².